The minimum atomic E-state index is -0.477. The summed E-state index contributed by atoms with van der Waals surface area (Å²) in [4.78, 5) is 0. The topological polar surface area (TPSA) is 42.3 Å². The lowest BCUT2D eigenvalue weighted by Crippen LogP contribution is -2.41. The van der Waals surface area contributed by atoms with Gasteiger partial charge in [-0.2, -0.15) is 5.26 Å². The molecule has 0 radical (unpaired) electrons. The third kappa shape index (κ3) is 4.99. The summed E-state index contributed by atoms with van der Waals surface area (Å²) in [7, 11) is 3.96. The maximum absolute atomic E-state index is 13.5. The second-order valence-electron chi connectivity index (χ2n) is 4.94. The number of hydrazine groups is 1. The van der Waals surface area contributed by atoms with Gasteiger partial charge >= 0.3 is 0 Å². The SMILES string of the molecule is C=C/C=C(\CC)N(C)N(C)CNCc1ccc(C#N)c(F)c1. The number of benzene rings is 1. The first kappa shape index (κ1) is 17.9. The van der Waals surface area contributed by atoms with Crippen LogP contribution in [0.1, 0.15) is 24.5 Å². The lowest BCUT2D eigenvalue weighted by atomic mass is 10.1. The number of rotatable bonds is 8. The molecule has 0 atom stereocenters. The molecular weight excluding hydrogens is 279 g/mol. The Hall–Kier alpha value is -2.16. The summed E-state index contributed by atoms with van der Waals surface area (Å²) in [5.41, 5.74) is 2.04. The Balaban J connectivity index is 2.53. The molecule has 0 saturated heterocycles. The second-order valence-corrected chi connectivity index (χ2v) is 4.94. The minimum Gasteiger partial charge on any atom is -0.312 e. The van der Waals surface area contributed by atoms with Crippen LogP contribution in [0.2, 0.25) is 0 Å². The minimum absolute atomic E-state index is 0.0720. The Morgan fingerprint density at radius 3 is 2.73 bits per heavy atom. The number of hydrogen-bond acceptors (Lipinski definition) is 4. The molecule has 1 N–H and O–H groups in total. The summed E-state index contributed by atoms with van der Waals surface area (Å²) in [6.07, 6.45) is 4.66. The van der Waals surface area contributed by atoms with Gasteiger partial charge in [0.05, 0.1) is 12.2 Å². The number of nitrogens with one attached hydrogen (secondary N) is 1. The highest BCUT2D eigenvalue weighted by Gasteiger charge is 2.08. The van der Waals surface area contributed by atoms with Gasteiger partial charge in [-0.25, -0.2) is 9.40 Å². The Labute approximate surface area is 132 Å². The third-order valence-electron chi connectivity index (χ3n) is 3.42. The first-order valence-corrected chi connectivity index (χ1v) is 7.19. The largest absolute Gasteiger partial charge is 0.312 e. The Bertz CT molecular complexity index is 575. The van der Waals surface area contributed by atoms with Gasteiger partial charge in [0.1, 0.15) is 11.9 Å². The molecule has 0 aliphatic rings. The molecule has 1 aromatic carbocycles. The van der Waals surface area contributed by atoms with Gasteiger partial charge in [-0.15, -0.1) is 0 Å². The Kier molecular flexibility index (Phi) is 7.30. The molecule has 0 aromatic heterocycles. The Morgan fingerprint density at radius 1 is 1.45 bits per heavy atom. The van der Waals surface area contributed by atoms with Crippen molar-refractivity contribution in [1.82, 2.24) is 15.3 Å². The molecule has 0 amide bonds. The molecule has 0 fully saturated rings. The molecule has 118 valence electrons. The van der Waals surface area contributed by atoms with E-state index in [-0.39, 0.29) is 5.56 Å². The molecule has 0 aliphatic heterocycles. The number of nitrogens with zero attached hydrogens (tertiary/aromatic N) is 3. The lowest BCUT2D eigenvalue weighted by Gasteiger charge is -2.32. The van der Waals surface area contributed by atoms with E-state index in [9.17, 15) is 4.39 Å². The molecule has 5 heteroatoms. The van der Waals surface area contributed by atoms with Crippen molar-refractivity contribution in [3.8, 4) is 6.07 Å². The smallest absolute Gasteiger partial charge is 0.141 e. The highest BCUT2D eigenvalue weighted by Crippen LogP contribution is 2.10. The molecule has 22 heavy (non-hydrogen) atoms. The van der Waals surface area contributed by atoms with Crippen LogP contribution >= 0.6 is 0 Å². The fourth-order valence-corrected chi connectivity index (χ4v) is 2.04. The van der Waals surface area contributed by atoms with E-state index in [0.29, 0.717) is 13.2 Å². The molecule has 0 bridgehead atoms. The van der Waals surface area contributed by atoms with E-state index in [1.54, 1.807) is 12.1 Å². The van der Waals surface area contributed by atoms with Crippen LogP contribution in [0.5, 0.6) is 0 Å². The van der Waals surface area contributed by atoms with Crippen LogP contribution in [0.3, 0.4) is 0 Å². The molecule has 4 nitrogen and oxygen atoms in total. The van der Waals surface area contributed by atoms with Gasteiger partial charge in [0.2, 0.25) is 0 Å². The van der Waals surface area contributed by atoms with Crippen molar-refractivity contribution in [2.75, 3.05) is 20.8 Å². The average molecular weight is 302 g/mol. The van der Waals surface area contributed by atoms with Crippen LogP contribution < -0.4 is 5.32 Å². The van der Waals surface area contributed by atoms with Crippen LogP contribution in [0.25, 0.3) is 0 Å². The van der Waals surface area contributed by atoms with Crippen LogP contribution in [-0.2, 0) is 6.54 Å². The predicted octanol–water partition coefficient (Wildman–Crippen LogP) is 3.00. The first-order chi connectivity index (χ1) is 10.5. The normalized spacial score (nSPS) is 11.4. The Morgan fingerprint density at radius 2 is 2.18 bits per heavy atom. The van der Waals surface area contributed by atoms with Crippen LogP contribution in [0.4, 0.5) is 4.39 Å². The molecule has 0 saturated carbocycles. The quantitative estimate of drug-likeness (QED) is 0.455. The van der Waals surface area contributed by atoms with Crippen molar-refractivity contribution in [2.24, 2.45) is 0 Å². The monoisotopic (exact) mass is 302 g/mol. The zero-order chi connectivity index (χ0) is 16.5. The van der Waals surface area contributed by atoms with Crippen LogP contribution in [-0.4, -0.2) is 30.8 Å². The molecule has 1 rings (SSSR count). The molecular formula is C17H23FN4. The number of nitriles is 1. The molecule has 0 heterocycles. The summed E-state index contributed by atoms with van der Waals surface area (Å²) >= 11 is 0. The van der Waals surface area contributed by atoms with E-state index in [0.717, 1.165) is 17.7 Å². The maximum Gasteiger partial charge on any atom is 0.141 e. The lowest BCUT2D eigenvalue weighted by molar-refractivity contribution is 0.0519. The number of allylic oxidation sites excluding steroid dienone is 3. The highest BCUT2D eigenvalue weighted by molar-refractivity contribution is 5.33. The second kappa shape index (κ2) is 8.98. The van der Waals surface area contributed by atoms with Crippen molar-refractivity contribution in [3.05, 3.63) is 59.6 Å². The maximum atomic E-state index is 13.5. The van der Waals surface area contributed by atoms with Gasteiger partial charge in [-0.05, 0) is 30.2 Å². The molecule has 1 aromatic rings. The summed E-state index contributed by atoms with van der Waals surface area (Å²) in [5.74, 6) is -0.477. The van der Waals surface area contributed by atoms with Gasteiger partial charge in [0, 0.05) is 26.3 Å². The zero-order valence-electron chi connectivity index (χ0n) is 13.4. The molecule has 0 spiro atoms. The van der Waals surface area contributed by atoms with E-state index < -0.39 is 5.82 Å². The van der Waals surface area contributed by atoms with Crippen LogP contribution in [0, 0.1) is 17.1 Å². The summed E-state index contributed by atoms with van der Waals surface area (Å²) in [6, 6.07) is 6.47. The van der Waals surface area contributed by atoms with Gasteiger partial charge in [0.15, 0.2) is 0 Å². The standard InChI is InChI=1S/C17H23FN4/c1-5-7-16(6-2)22(4)21(3)13-20-12-14-8-9-15(11-19)17(18)10-14/h5,7-10,20H,1,6,12-13H2,2-4H3/b16-7+. The van der Waals surface area contributed by atoms with E-state index in [1.807, 2.05) is 36.3 Å². The predicted molar refractivity (Wildman–Crippen MR) is 86.9 cm³/mol. The van der Waals surface area contributed by atoms with E-state index in [4.69, 9.17) is 5.26 Å². The summed E-state index contributed by atoms with van der Waals surface area (Å²) < 4.78 is 13.5. The zero-order valence-corrected chi connectivity index (χ0v) is 13.4. The van der Waals surface area contributed by atoms with Crippen molar-refractivity contribution in [2.45, 2.75) is 19.9 Å². The number of hydrogen-bond donors (Lipinski definition) is 1. The van der Waals surface area contributed by atoms with Crippen molar-refractivity contribution >= 4 is 0 Å². The van der Waals surface area contributed by atoms with Gasteiger partial charge in [0.25, 0.3) is 0 Å². The van der Waals surface area contributed by atoms with Crippen molar-refractivity contribution in [1.29, 1.82) is 5.26 Å². The van der Waals surface area contributed by atoms with Crippen molar-refractivity contribution < 1.29 is 4.39 Å². The average Bonchev–Trinajstić information content (AvgIpc) is 2.52. The van der Waals surface area contributed by atoms with E-state index in [1.165, 1.54) is 12.1 Å². The van der Waals surface area contributed by atoms with E-state index >= 15 is 0 Å². The van der Waals surface area contributed by atoms with Crippen molar-refractivity contribution in [3.63, 3.8) is 0 Å². The first-order valence-electron chi connectivity index (χ1n) is 7.19. The van der Waals surface area contributed by atoms with Crippen LogP contribution in [0.15, 0.2) is 42.6 Å². The fourth-order valence-electron chi connectivity index (χ4n) is 2.04. The molecule has 0 unspecified atom stereocenters. The summed E-state index contributed by atoms with van der Waals surface area (Å²) in [6.45, 7) is 6.96. The van der Waals surface area contributed by atoms with Gasteiger partial charge < -0.3 is 5.01 Å². The highest BCUT2D eigenvalue weighted by atomic mass is 19.1. The third-order valence-corrected chi connectivity index (χ3v) is 3.42. The fraction of sp³-hybridized carbons (Fsp3) is 0.353. The van der Waals surface area contributed by atoms with Gasteiger partial charge in [-0.3, -0.25) is 5.32 Å². The van der Waals surface area contributed by atoms with Gasteiger partial charge in [-0.1, -0.05) is 25.6 Å². The molecule has 0 aliphatic carbocycles. The van der Waals surface area contributed by atoms with E-state index in [2.05, 4.69) is 18.8 Å². The number of halogens is 1. The summed E-state index contributed by atoms with van der Waals surface area (Å²) in [5, 5.41) is 16.0.